The van der Waals surface area contributed by atoms with Gasteiger partial charge in [0.1, 0.15) is 5.75 Å². The first-order valence-electron chi connectivity index (χ1n) is 5.22. The minimum absolute atomic E-state index is 0.497. The van der Waals surface area contributed by atoms with Crippen molar-refractivity contribution in [3.63, 3.8) is 0 Å². The first kappa shape index (κ1) is 13.3. The second-order valence-electron chi connectivity index (χ2n) is 3.54. The van der Waals surface area contributed by atoms with Gasteiger partial charge in [-0.25, -0.2) is 15.6 Å². The number of amides is 1. The van der Waals surface area contributed by atoms with Crippen LogP contribution in [0.2, 0.25) is 0 Å². The summed E-state index contributed by atoms with van der Waals surface area (Å²) < 4.78 is 5.18. The molecule has 1 aromatic rings. The Morgan fingerprint density at radius 1 is 1.24 bits per heavy atom. The van der Waals surface area contributed by atoms with Crippen LogP contribution in [0.25, 0.3) is 0 Å². The van der Waals surface area contributed by atoms with E-state index in [9.17, 15) is 4.79 Å². The molecule has 6 heteroatoms. The number of nitrogens with one attached hydrogen (secondary N) is 2. The minimum Gasteiger partial charge on any atom is -0.408 e. The largest absolute Gasteiger partial charge is 0.444 e. The van der Waals surface area contributed by atoms with E-state index in [0.717, 1.165) is 10.8 Å². The van der Waals surface area contributed by atoms with Crippen molar-refractivity contribution in [2.24, 2.45) is 0 Å². The highest BCUT2D eigenvalue weighted by molar-refractivity contribution is 5.70. The van der Waals surface area contributed by atoms with Crippen LogP contribution in [0.5, 0.6) is 5.75 Å². The second kappa shape index (κ2) is 6.07. The molecule has 0 radical (unpaired) electrons. The number of hydrogen-bond acceptors (Lipinski definition) is 5. The molecule has 94 valence electrons. The molecule has 0 fully saturated rings. The molecule has 0 aliphatic heterocycles. The topological polar surface area (TPSA) is 56.8 Å². The Hall–Kier alpha value is -1.79. The fourth-order valence-electron chi connectivity index (χ4n) is 1.27. The van der Waals surface area contributed by atoms with Gasteiger partial charge < -0.3 is 9.64 Å². The number of carbonyl (C=O) groups excluding carboxylic acids is 1. The number of rotatable bonds is 4. The van der Waals surface area contributed by atoms with E-state index in [2.05, 4.69) is 10.9 Å². The number of ether oxygens (including phenoxy) is 1. The normalized spacial score (nSPS) is 9.88. The zero-order valence-electron chi connectivity index (χ0n) is 10.5. The lowest BCUT2D eigenvalue weighted by molar-refractivity contribution is 0.108. The molecule has 0 aliphatic rings. The molecule has 0 aliphatic carbocycles. The summed E-state index contributed by atoms with van der Waals surface area (Å²) in [5.41, 5.74) is 6.26. The van der Waals surface area contributed by atoms with Gasteiger partial charge in [0.25, 0.3) is 0 Å². The Kier molecular flexibility index (Phi) is 4.74. The molecule has 0 unspecified atom stereocenters. The molecular weight excluding hydrogens is 220 g/mol. The van der Waals surface area contributed by atoms with Gasteiger partial charge in [0.15, 0.2) is 0 Å². The molecule has 1 aromatic carbocycles. The van der Waals surface area contributed by atoms with Gasteiger partial charge in [0, 0.05) is 39.9 Å². The van der Waals surface area contributed by atoms with E-state index < -0.39 is 6.09 Å². The van der Waals surface area contributed by atoms with Gasteiger partial charge in [-0.05, 0) is 12.1 Å². The average molecular weight is 238 g/mol. The lowest BCUT2D eigenvalue weighted by Crippen LogP contribution is -2.49. The lowest BCUT2D eigenvalue weighted by Gasteiger charge is -2.19. The monoisotopic (exact) mass is 238 g/mol. The molecule has 17 heavy (non-hydrogen) atoms. The molecule has 0 atom stereocenters. The fraction of sp³-hybridized carbons (Fsp3) is 0.364. The van der Waals surface area contributed by atoms with E-state index in [-0.39, 0.29) is 0 Å². The Balaban J connectivity index is 2.74. The maximum absolute atomic E-state index is 11.6. The maximum Gasteiger partial charge on any atom is 0.444 e. The summed E-state index contributed by atoms with van der Waals surface area (Å²) in [6, 6.07) is 7.29. The van der Waals surface area contributed by atoms with E-state index in [0.29, 0.717) is 5.75 Å². The van der Waals surface area contributed by atoms with E-state index >= 15 is 0 Å². The molecule has 1 amide bonds. The molecular formula is C11H18N4O2. The van der Waals surface area contributed by atoms with Gasteiger partial charge in [-0.15, -0.1) is 0 Å². The molecule has 2 N–H and O–H groups in total. The van der Waals surface area contributed by atoms with Crippen LogP contribution in [0.4, 0.5) is 10.5 Å². The van der Waals surface area contributed by atoms with Gasteiger partial charge >= 0.3 is 6.09 Å². The summed E-state index contributed by atoms with van der Waals surface area (Å²) in [5, 5.41) is 1.14. The van der Waals surface area contributed by atoms with Crippen LogP contribution in [-0.4, -0.2) is 39.4 Å². The first-order chi connectivity index (χ1) is 8.08. The van der Waals surface area contributed by atoms with Crippen LogP contribution in [0, 0.1) is 0 Å². The average Bonchev–Trinajstić information content (AvgIpc) is 2.30. The molecule has 6 nitrogen and oxygen atoms in total. The third-order valence-electron chi connectivity index (χ3n) is 2.17. The van der Waals surface area contributed by atoms with Gasteiger partial charge in [0.2, 0.25) is 0 Å². The quantitative estimate of drug-likeness (QED) is 0.761. The van der Waals surface area contributed by atoms with Gasteiger partial charge in [-0.1, -0.05) is 6.07 Å². The molecule has 0 bridgehead atoms. The van der Waals surface area contributed by atoms with Crippen molar-refractivity contribution in [2.45, 2.75) is 0 Å². The summed E-state index contributed by atoms with van der Waals surface area (Å²) >= 11 is 0. The summed E-state index contributed by atoms with van der Waals surface area (Å²) in [5.74, 6) is 0.497. The number of anilines is 1. The van der Waals surface area contributed by atoms with Crippen molar-refractivity contribution < 1.29 is 9.53 Å². The fourth-order valence-corrected chi connectivity index (χ4v) is 1.27. The van der Waals surface area contributed by atoms with Crippen molar-refractivity contribution in [1.82, 2.24) is 16.0 Å². The summed E-state index contributed by atoms with van der Waals surface area (Å²) in [4.78, 5) is 13.6. The van der Waals surface area contributed by atoms with Crippen LogP contribution in [0.3, 0.4) is 0 Å². The maximum atomic E-state index is 11.6. The van der Waals surface area contributed by atoms with Gasteiger partial charge in [0.05, 0.1) is 0 Å². The third kappa shape index (κ3) is 3.61. The Morgan fingerprint density at radius 3 is 2.41 bits per heavy atom. The van der Waals surface area contributed by atoms with Crippen molar-refractivity contribution in [2.75, 3.05) is 33.1 Å². The van der Waals surface area contributed by atoms with Crippen LogP contribution < -0.4 is 20.5 Å². The van der Waals surface area contributed by atoms with Crippen LogP contribution >= 0.6 is 0 Å². The van der Waals surface area contributed by atoms with Gasteiger partial charge in [-0.2, -0.15) is 5.12 Å². The van der Waals surface area contributed by atoms with Gasteiger partial charge in [-0.3, -0.25) is 0 Å². The zero-order chi connectivity index (χ0) is 12.8. The van der Waals surface area contributed by atoms with Crippen molar-refractivity contribution >= 4 is 11.8 Å². The van der Waals surface area contributed by atoms with Crippen molar-refractivity contribution in [3.8, 4) is 5.75 Å². The number of hydrogen-bond donors (Lipinski definition) is 2. The predicted molar refractivity (Wildman–Crippen MR) is 66.8 cm³/mol. The molecule has 0 spiro atoms. The highest BCUT2D eigenvalue weighted by Crippen LogP contribution is 2.19. The Bertz CT molecular complexity index is 377. The third-order valence-corrected chi connectivity index (χ3v) is 2.17. The Labute approximate surface area is 101 Å². The number of benzene rings is 1. The molecule has 0 saturated carbocycles. The van der Waals surface area contributed by atoms with E-state index in [1.807, 2.05) is 31.1 Å². The molecule has 0 saturated heterocycles. The van der Waals surface area contributed by atoms with Crippen LogP contribution in [0.15, 0.2) is 24.3 Å². The summed E-state index contributed by atoms with van der Waals surface area (Å²) in [6.07, 6.45) is -0.522. The van der Waals surface area contributed by atoms with Crippen molar-refractivity contribution in [1.29, 1.82) is 0 Å². The second-order valence-corrected chi connectivity index (χ2v) is 3.54. The molecule has 0 heterocycles. The summed E-state index contributed by atoms with van der Waals surface area (Å²) in [7, 11) is 7.09. The summed E-state index contributed by atoms with van der Waals surface area (Å²) in [6.45, 7) is 0. The van der Waals surface area contributed by atoms with Crippen molar-refractivity contribution in [3.05, 3.63) is 24.3 Å². The number of nitrogens with zero attached hydrogens (tertiary/aromatic N) is 2. The highest BCUT2D eigenvalue weighted by Gasteiger charge is 2.12. The predicted octanol–water partition coefficient (Wildman–Crippen LogP) is 0.822. The lowest BCUT2D eigenvalue weighted by atomic mass is 10.3. The zero-order valence-corrected chi connectivity index (χ0v) is 10.5. The first-order valence-corrected chi connectivity index (χ1v) is 5.22. The van der Waals surface area contributed by atoms with Crippen LogP contribution in [0.1, 0.15) is 0 Å². The SMILES string of the molecule is CNN(NC)C(=O)Oc1cccc(N(C)C)c1. The molecule has 1 rings (SSSR count). The van der Waals surface area contributed by atoms with E-state index in [4.69, 9.17) is 4.74 Å². The standard InChI is InChI=1S/C11H18N4O2/c1-12-15(13-2)11(16)17-10-7-5-6-9(8-10)14(3)4/h5-8,12-13H,1-4H3. The number of carbonyl (C=O) groups is 1. The van der Waals surface area contributed by atoms with E-state index in [1.54, 1.807) is 26.2 Å². The molecule has 0 aromatic heterocycles. The Morgan fingerprint density at radius 2 is 1.88 bits per heavy atom. The van der Waals surface area contributed by atoms with E-state index in [1.165, 1.54) is 0 Å². The number of hydrazine groups is 2. The highest BCUT2D eigenvalue weighted by atomic mass is 16.6. The minimum atomic E-state index is -0.522. The van der Waals surface area contributed by atoms with Crippen LogP contribution in [-0.2, 0) is 0 Å². The smallest absolute Gasteiger partial charge is 0.408 e.